The van der Waals surface area contributed by atoms with E-state index in [4.69, 9.17) is 5.11 Å². The first-order valence-electron chi connectivity index (χ1n) is 3.87. The molecule has 0 unspecified atom stereocenters. The second-order valence-corrected chi connectivity index (χ2v) is 3.30. The van der Waals surface area contributed by atoms with Gasteiger partial charge in [-0.05, 0) is 0 Å². The molecule has 10 heteroatoms. The van der Waals surface area contributed by atoms with E-state index >= 15 is 0 Å². The average molecular weight is 261 g/mol. The van der Waals surface area contributed by atoms with Crippen molar-refractivity contribution in [3.63, 3.8) is 0 Å². The number of nitrogens with one attached hydrogen (secondary N) is 1. The van der Waals surface area contributed by atoms with E-state index in [-0.39, 0.29) is 18.0 Å². The Bertz CT molecular complexity index is 486. The van der Waals surface area contributed by atoms with Crippen molar-refractivity contribution in [2.75, 3.05) is 5.32 Å². The van der Waals surface area contributed by atoms with Crippen molar-refractivity contribution in [2.24, 2.45) is 5.16 Å². The summed E-state index contributed by atoms with van der Waals surface area (Å²) in [7, 11) is 0. The summed E-state index contributed by atoms with van der Waals surface area (Å²) < 4.78 is 13.3. The molecule has 90 valence electrons. The monoisotopic (exact) mass is 261 g/mol. The number of aromatic nitrogens is 1. The van der Waals surface area contributed by atoms with Crippen LogP contribution in [0.4, 0.5) is 9.52 Å². The lowest BCUT2D eigenvalue weighted by molar-refractivity contribution is -0.130. The highest BCUT2D eigenvalue weighted by Gasteiger charge is 2.23. The van der Waals surface area contributed by atoms with E-state index in [1.54, 1.807) is 0 Å². The quantitative estimate of drug-likeness (QED) is 0.317. The lowest BCUT2D eigenvalue weighted by Gasteiger charge is -1.94. The predicted octanol–water partition coefficient (Wildman–Crippen LogP) is -0.188. The topological polar surface area (TPSA) is 118 Å². The average Bonchev–Trinajstić information content (AvgIpc) is 2.61. The van der Waals surface area contributed by atoms with Crippen LogP contribution < -0.4 is 5.32 Å². The Hall–Kier alpha value is -2.36. The zero-order valence-corrected chi connectivity index (χ0v) is 8.73. The van der Waals surface area contributed by atoms with Gasteiger partial charge < -0.3 is 15.3 Å². The van der Waals surface area contributed by atoms with Gasteiger partial charge in [0.1, 0.15) is 5.69 Å². The van der Waals surface area contributed by atoms with E-state index in [1.165, 1.54) is 0 Å². The number of carbonyl (C=O) groups excluding carboxylic acids is 2. The highest BCUT2D eigenvalue weighted by atomic mass is 32.1. The second-order valence-electron chi connectivity index (χ2n) is 2.35. The van der Waals surface area contributed by atoms with Gasteiger partial charge in [0, 0.05) is 0 Å². The zero-order chi connectivity index (χ0) is 12.8. The summed E-state index contributed by atoms with van der Waals surface area (Å²) in [5.74, 6) is -1.63. The maximum atomic E-state index is 13.3. The van der Waals surface area contributed by atoms with Gasteiger partial charge in [0.25, 0.3) is 0 Å². The van der Waals surface area contributed by atoms with Crippen LogP contribution in [0.15, 0.2) is 5.16 Å². The van der Waals surface area contributed by atoms with Crippen LogP contribution in [0, 0.1) is 5.13 Å². The maximum absolute atomic E-state index is 13.3. The predicted molar refractivity (Wildman–Crippen MR) is 53.1 cm³/mol. The molecule has 0 aliphatic rings. The van der Waals surface area contributed by atoms with E-state index in [1.807, 2.05) is 5.32 Å². The van der Waals surface area contributed by atoms with Crippen LogP contribution in [-0.2, 0) is 19.2 Å². The van der Waals surface area contributed by atoms with Crippen molar-refractivity contribution in [1.82, 2.24) is 4.98 Å². The molecule has 0 spiro atoms. The van der Waals surface area contributed by atoms with Gasteiger partial charge >= 0.3 is 12.4 Å². The van der Waals surface area contributed by atoms with Gasteiger partial charge in [0.15, 0.2) is 5.13 Å². The van der Waals surface area contributed by atoms with Crippen molar-refractivity contribution >= 4 is 41.0 Å². The van der Waals surface area contributed by atoms with Crippen molar-refractivity contribution in [3.8, 4) is 0 Å². The number of amides is 1. The number of carboxylic acids is 1. The fraction of sp³-hybridized carbons (Fsp3) is 0. The summed E-state index contributed by atoms with van der Waals surface area (Å²) >= 11 is 0.410. The molecule has 1 aromatic rings. The van der Waals surface area contributed by atoms with Crippen LogP contribution in [0.25, 0.3) is 0 Å². The number of carbonyl (C=O) groups is 3. The summed E-state index contributed by atoms with van der Waals surface area (Å²) in [5, 5.41) is 12.5. The zero-order valence-electron chi connectivity index (χ0n) is 7.92. The molecule has 0 bridgehead atoms. The lowest BCUT2D eigenvalue weighted by Crippen LogP contribution is -2.17. The molecule has 17 heavy (non-hydrogen) atoms. The van der Waals surface area contributed by atoms with Crippen molar-refractivity contribution in [2.45, 2.75) is 0 Å². The normalized spacial score (nSPS) is 10.8. The number of nitrogens with zero attached hydrogens (tertiary/aromatic N) is 2. The number of hydrogen-bond acceptors (Lipinski definition) is 7. The molecule has 1 rings (SSSR count). The van der Waals surface area contributed by atoms with E-state index in [0.717, 1.165) is 0 Å². The standard InChI is InChI=1S/C7H4FN3O5S/c8-5-3(10-7(17-5)9-1-12)4(6(14)15)11-16-2-13/h1-2H,(H,14,15)(H,9,10,12)/b11-4+. The molecule has 0 aliphatic carbocycles. The van der Waals surface area contributed by atoms with Gasteiger partial charge in [0.05, 0.1) is 0 Å². The maximum Gasteiger partial charge on any atom is 0.360 e. The Kier molecular flexibility index (Phi) is 4.22. The number of thiazole rings is 1. The summed E-state index contributed by atoms with van der Waals surface area (Å²) in [6, 6.07) is 0. The van der Waals surface area contributed by atoms with Crippen molar-refractivity contribution in [1.29, 1.82) is 0 Å². The smallest absolute Gasteiger partial charge is 0.360 e. The van der Waals surface area contributed by atoms with Gasteiger partial charge in [-0.15, -0.1) is 0 Å². The molecular weight excluding hydrogens is 257 g/mol. The first-order valence-corrected chi connectivity index (χ1v) is 4.69. The van der Waals surface area contributed by atoms with Crippen LogP contribution in [0.1, 0.15) is 5.69 Å². The molecular formula is C7H4FN3O5S. The number of hydrogen-bond donors (Lipinski definition) is 2. The number of aliphatic carboxylic acids is 1. The van der Waals surface area contributed by atoms with Crippen molar-refractivity contribution in [3.05, 3.63) is 10.8 Å². The van der Waals surface area contributed by atoms with Gasteiger partial charge in [-0.3, -0.25) is 9.59 Å². The summed E-state index contributed by atoms with van der Waals surface area (Å²) in [6.07, 6.45) is 0.252. The van der Waals surface area contributed by atoms with Crippen LogP contribution in [0.2, 0.25) is 0 Å². The van der Waals surface area contributed by atoms with Gasteiger partial charge in [-0.25, -0.2) is 9.78 Å². The van der Waals surface area contributed by atoms with Crippen LogP contribution in [0.3, 0.4) is 0 Å². The molecule has 1 aromatic heterocycles. The Labute approximate surface area is 96.7 Å². The summed E-state index contributed by atoms with van der Waals surface area (Å²) in [6.45, 7) is -0.127. The third-order valence-corrected chi connectivity index (χ3v) is 2.16. The summed E-state index contributed by atoms with van der Waals surface area (Å²) in [4.78, 5) is 38.0. The minimum Gasteiger partial charge on any atom is -0.476 e. The molecule has 2 N–H and O–H groups in total. The largest absolute Gasteiger partial charge is 0.476 e. The number of oxime groups is 1. The Morgan fingerprint density at radius 2 is 2.29 bits per heavy atom. The van der Waals surface area contributed by atoms with Crippen LogP contribution in [0.5, 0.6) is 0 Å². The highest BCUT2D eigenvalue weighted by molar-refractivity contribution is 7.14. The Morgan fingerprint density at radius 1 is 1.59 bits per heavy atom. The molecule has 0 atom stereocenters. The Balaban J connectivity index is 3.14. The second kappa shape index (κ2) is 5.65. The summed E-state index contributed by atoms with van der Waals surface area (Å²) in [5.41, 5.74) is -1.52. The van der Waals surface area contributed by atoms with E-state index in [2.05, 4.69) is 15.0 Å². The fourth-order valence-corrected chi connectivity index (χ4v) is 1.47. The highest BCUT2D eigenvalue weighted by Crippen LogP contribution is 2.21. The third kappa shape index (κ3) is 3.04. The number of carboxylic acid groups (broad SMARTS) is 1. The third-order valence-electron chi connectivity index (χ3n) is 1.38. The molecule has 0 radical (unpaired) electrons. The van der Waals surface area contributed by atoms with Gasteiger partial charge in [0.2, 0.25) is 17.3 Å². The van der Waals surface area contributed by atoms with Crippen molar-refractivity contribution < 1.29 is 28.7 Å². The van der Waals surface area contributed by atoms with E-state index in [0.29, 0.717) is 11.3 Å². The van der Waals surface area contributed by atoms with Gasteiger partial charge in [-0.2, -0.15) is 4.39 Å². The molecule has 8 nitrogen and oxygen atoms in total. The molecule has 0 aliphatic heterocycles. The molecule has 1 amide bonds. The number of anilines is 1. The minimum atomic E-state index is -1.63. The lowest BCUT2D eigenvalue weighted by atomic mass is 10.3. The molecule has 1 heterocycles. The molecule has 0 saturated heterocycles. The van der Waals surface area contributed by atoms with Crippen LogP contribution in [-0.4, -0.2) is 34.7 Å². The Morgan fingerprint density at radius 3 is 2.82 bits per heavy atom. The van der Waals surface area contributed by atoms with Crippen LogP contribution >= 0.6 is 11.3 Å². The minimum absolute atomic E-state index is 0.127. The van der Waals surface area contributed by atoms with E-state index in [9.17, 15) is 18.8 Å². The first-order chi connectivity index (χ1) is 8.10. The molecule has 0 saturated carbocycles. The van der Waals surface area contributed by atoms with Gasteiger partial charge in [-0.1, -0.05) is 16.5 Å². The number of rotatable bonds is 6. The number of halogens is 1. The SMILES string of the molecule is O=CNc1nc(/C(=N\OC=O)C(=O)O)c(F)s1. The van der Waals surface area contributed by atoms with E-state index < -0.39 is 22.5 Å². The fourth-order valence-electron chi connectivity index (χ4n) is 0.818. The molecule has 0 aromatic carbocycles. The molecule has 0 fully saturated rings. The first kappa shape index (κ1) is 12.7.